The number of aromatic hydroxyl groups is 1. The van der Waals surface area contributed by atoms with Crippen LogP contribution in [0.3, 0.4) is 0 Å². The van der Waals surface area contributed by atoms with E-state index in [-0.39, 0.29) is 18.1 Å². The Bertz CT molecular complexity index is 1430. The molecule has 3 aromatic heterocycles. The van der Waals surface area contributed by atoms with Gasteiger partial charge in [-0.15, -0.1) is 0 Å². The minimum Gasteiger partial charge on any atom is -0.494 e. The van der Waals surface area contributed by atoms with Gasteiger partial charge >= 0.3 is 11.9 Å². The van der Waals surface area contributed by atoms with Crippen LogP contribution in [-0.4, -0.2) is 43.3 Å². The summed E-state index contributed by atoms with van der Waals surface area (Å²) in [6.45, 7) is 2.61. The summed E-state index contributed by atoms with van der Waals surface area (Å²) in [6.07, 6.45) is 6.29. The van der Waals surface area contributed by atoms with Crippen molar-refractivity contribution >= 4 is 22.8 Å². The normalized spacial score (nSPS) is 12.6. The maximum Gasteiger partial charge on any atom is 0.340 e. The van der Waals surface area contributed by atoms with Crippen molar-refractivity contribution in [2.75, 3.05) is 6.61 Å². The number of benzene rings is 1. The van der Waals surface area contributed by atoms with Gasteiger partial charge in [0, 0.05) is 30.2 Å². The molecule has 0 fully saturated rings. The van der Waals surface area contributed by atoms with E-state index in [1.165, 1.54) is 12.1 Å². The zero-order valence-corrected chi connectivity index (χ0v) is 19.3. The Morgan fingerprint density at radius 3 is 2.63 bits per heavy atom. The summed E-state index contributed by atoms with van der Waals surface area (Å²) in [5, 5.41) is 21.0. The second-order valence-electron chi connectivity index (χ2n) is 8.52. The van der Waals surface area contributed by atoms with E-state index < -0.39 is 11.9 Å². The fourth-order valence-electron chi connectivity index (χ4n) is 4.83. The topological polar surface area (TPSA) is 115 Å². The van der Waals surface area contributed by atoms with Gasteiger partial charge in [-0.05, 0) is 61.9 Å². The molecule has 1 aliphatic rings. The van der Waals surface area contributed by atoms with Crippen LogP contribution in [0.2, 0.25) is 0 Å². The first-order valence-corrected chi connectivity index (χ1v) is 11.7. The maximum absolute atomic E-state index is 13.3. The van der Waals surface area contributed by atoms with Crippen LogP contribution in [0.1, 0.15) is 51.0 Å². The molecule has 0 amide bonds. The number of pyridine rings is 2. The third-order valence-electron chi connectivity index (χ3n) is 6.42. The number of nitrogens with zero attached hydrogens (tertiary/aromatic N) is 3. The molecular weight excluding hydrogens is 446 g/mol. The summed E-state index contributed by atoms with van der Waals surface area (Å²) >= 11 is 0. The smallest absolute Gasteiger partial charge is 0.340 e. The second kappa shape index (κ2) is 9.21. The van der Waals surface area contributed by atoms with Crippen molar-refractivity contribution in [1.82, 2.24) is 14.5 Å². The van der Waals surface area contributed by atoms with Gasteiger partial charge in [0.25, 0.3) is 0 Å². The first-order chi connectivity index (χ1) is 17.0. The Morgan fingerprint density at radius 2 is 1.94 bits per heavy atom. The Hall–Kier alpha value is -4.20. The molecule has 0 spiro atoms. The number of hydrogen-bond donors (Lipinski definition) is 2. The van der Waals surface area contributed by atoms with E-state index in [2.05, 4.69) is 4.98 Å². The van der Waals surface area contributed by atoms with Gasteiger partial charge in [-0.1, -0.05) is 18.2 Å². The molecule has 1 aromatic carbocycles. The van der Waals surface area contributed by atoms with Crippen molar-refractivity contribution in [2.24, 2.45) is 0 Å². The molecule has 0 bridgehead atoms. The van der Waals surface area contributed by atoms with Gasteiger partial charge in [-0.2, -0.15) is 0 Å². The molecule has 35 heavy (non-hydrogen) atoms. The number of carboxylic acid groups (broad SMARTS) is 1. The molecular formula is C27H25N3O5. The molecule has 8 nitrogen and oxygen atoms in total. The van der Waals surface area contributed by atoms with Gasteiger partial charge in [0.2, 0.25) is 5.88 Å². The standard InChI is InChI=1S/C27H25N3O5/c1-2-35-27(34)22-19(12-7-16-5-3-13-28-15-16)29-24-20-6-4-14-30(20)25(31)23(24)21(22)17-8-10-18(11-9-17)26(32)33/h3,5,8-11,13,15,31H,2,4,6-7,12,14H2,1H3,(H,32,33). The minimum atomic E-state index is -1.04. The van der Waals surface area contributed by atoms with Crippen LogP contribution in [0.4, 0.5) is 0 Å². The number of rotatable bonds is 7. The zero-order chi connectivity index (χ0) is 24.5. The highest BCUT2D eigenvalue weighted by atomic mass is 16.5. The van der Waals surface area contributed by atoms with E-state index in [4.69, 9.17) is 9.72 Å². The number of carbonyl (C=O) groups is 2. The monoisotopic (exact) mass is 471 g/mol. The van der Waals surface area contributed by atoms with E-state index in [1.54, 1.807) is 31.5 Å². The Labute approximate surface area is 201 Å². The highest BCUT2D eigenvalue weighted by molar-refractivity contribution is 6.10. The molecule has 0 unspecified atom stereocenters. The fourth-order valence-corrected chi connectivity index (χ4v) is 4.83. The van der Waals surface area contributed by atoms with E-state index in [0.29, 0.717) is 52.7 Å². The second-order valence-corrected chi connectivity index (χ2v) is 8.52. The summed E-state index contributed by atoms with van der Waals surface area (Å²) in [4.78, 5) is 33.8. The van der Waals surface area contributed by atoms with Gasteiger partial charge < -0.3 is 19.5 Å². The van der Waals surface area contributed by atoms with E-state index >= 15 is 0 Å². The van der Waals surface area contributed by atoms with Gasteiger partial charge in [-0.3, -0.25) is 4.98 Å². The third kappa shape index (κ3) is 4.01. The number of ether oxygens (including phenoxy) is 1. The first kappa shape index (κ1) is 22.6. The lowest BCUT2D eigenvalue weighted by Gasteiger charge is -2.16. The van der Waals surface area contributed by atoms with Crippen LogP contribution >= 0.6 is 0 Å². The van der Waals surface area contributed by atoms with E-state index in [0.717, 1.165) is 24.1 Å². The Kier molecular flexibility index (Phi) is 5.94. The van der Waals surface area contributed by atoms with Crippen LogP contribution in [0.5, 0.6) is 5.88 Å². The fraction of sp³-hybridized carbons (Fsp3) is 0.259. The SMILES string of the molecule is CCOC(=O)c1c(CCc2cccnc2)nc2c3n(c(O)c2c1-c1ccc(C(=O)O)cc1)CCC3. The summed E-state index contributed by atoms with van der Waals surface area (Å²) in [6, 6.07) is 10.2. The molecule has 0 saturated carbocycles. The molecule has 0 atom stereocenters. The van der Waals surface area contributed by atoms with Crippen molar-refractivity contribution in [1.29, 1.82) is 0 Å². The molecule has 0 saturated heterocycles. The van der Waals surface area contributed by atoms with Crippen molar-refractivity contribution in [3.8, 4) is 17.0 Å². The third-order valence-corrected chi connectivity index (χ3v) is 6.42. The molecule has 1 aliphatic heterocycles. The molecule has 4 aromatic rings. The maximum atomic E-state index is 13.3. The number of aryl methyl sites for hydroxylation is 3. The minimum absolute atomic E-state index is 0.0710. The number of aromatic carboxylic acids is 1. The Morgan fingerprint density at radius 1 is 1.14 bits per heavy atom. The average molecular weight is 472 g/mol. The van der Waals surface area contributed by atoms with Crippen molar-refractivity contribution in [3.05, 3.63) is 76.9 Å². The Balaban J connectivity index is 1.77. The molecule has 2 N–H and O–H groups in total. The number of carboxylic acids is 1. The number of carbonyl (C=O) groups excluding carboxylic acids is 1. The zero-order valence-electron chi connectivity index (χ0n) is 19.3. The van der Waals surface area contributed by atoms with Gasteiger partial charge in [0.05, 0.1) is 34.3 Å². The number of esters is 1. The van der Waals surface area contributed by atoms with Crippen molar-refractivity contribution in [2.45, 2.75) is 39.2 Å². The summed E-state index contributed by atoms with van der Waals surface area (Å²) in [5.41, 5.74) is 4.78. The number of hydrogen-bond acceptors (Lipinski definition) is 6. The van der Waals surface area contributed by atoms with Crippen LogP contribution in [-0.2, 0) is 30.5 Å². The van der Waals surface area contributed by atoms with E-state index in [9.17, 15) is 19.8 Å². The van der Waals surface area contributed by atoms with Crippen LogP contribution in [0.25, 0.3) is 22.0 Å². The number of aromatic nitrogens is 3. The molecule has 5 rings (SSSR count). The summed E-state index contributed by atoms with van der Waals surface area (Å²) < 4.78 is 7.29. The lowest BCUT2D eigenvalue weighted by atomic mass is 9.92. The summed E-state index contributed by atoms with van der Waals surface area (Å²) in [5.74, 6) is -1.49. The predicted octanol–water partition coefficient (Wildman–Crippen LogP) is 4.41. The van der Waals surface area contributed by atoms with Crippen LogP contribution in [0.15, 0.2) is 48.8 Å². The average Bonchev–Trinajstić information content (AvgIpc) is 3.45. The highest BCUT2D eigenvalue weighted by Crippen LogP contribution is 2.43. The predicted molar refractivity (Wildman–Crippen MR) is 130 cm³/mol. The van der Waals surface area contributed by atoms with Gasteiger partial charge in [0.15, 0.2) is 0 Å². The summed E-state index contributed by atoms with van der Waals surface area (Å²) in [7, 11) is 0. The van der Waals surface area contributed by atoms with Gasteiger partial charge in [-0.25, -0.2) is 14.6 Å². The van der Waals surface area contributed by atoms with Gasteiger partial charge in [0.1, 0.15) is 0 Å². The highest BCUT2D eigenvalue weighted by Gasteiger charge is 2.30. The molecule has 4 heterocycles. The van der Waals surface area contributed by atoms with Crippen molar-refractivity contribution < 1.29 is 24.5 Å². The van der Waals surface area contributed by atoms with Crippen molar-refractivity contribution in [3.63, 3.8) is 0 Å². The molecule has 8 heteroatoms. The van der Waals surface area contributed by atoms with Crippen LogP contribution in [0, 0.1) is 0 Å². The van der Waals surface area contributed by atoms with E-state index in [1.807, 2.05) is 16.7 Å². The first-order valence-electron chi connectivity index (χ1n) is 11.7. The lowest BCUT2D eigenvalue weighted by molar-refractivity contribution is 0.0525. The molecule has 0 radical (unpaired) electrons. The lowest BCUT2D eigenvalue weighted by Crippen LogP contribution is -2.13. The molecule has 0 aliphatic carbocycles. The quantitative estimate of drug-likeness (QED) is 0.384. The van der Waals surface area contributed by atoms with Crippen LogP contribution < -0.4 is 0 Å². The molecule has 178 valence electrons. The largest absolute Gasteiger partial charge is 0.494 e. The number of fused-ring (bicyclic) bond motifs is 3.